The highest BCUT2D eigenvalue weighted by Crippen LogP contribution is 2.24. The molecule has 1 atom stereocenters. The summed E-state index contributed by atoms with van der Waals surface area (Å²) < 4.78 is 0. The van der Waals surface area contributed by atoms with Crippen molar-refractivity contribution in [2.75, 3.05) is 13.1 Å². The Labute approximate surface area is 148 Å². The topological polar surface area (TPSA) is 62.3 Å². The zero-order valence-electron chi connectivity index (χ0n) is 15.3. The Morgan fingerprint density at radius 2 is 2.08 bits per heavy atom. The van der Waals surface area contributed by atoms with Crippen LogP contribution >= 0.6 is 0 Å². The van der Waals surface area contributed by atoms with Gasteiger partial charge in [-0.05, 0) is 44.4 Å². The molecule has 1 N–H and O–H groups in total. The molecule has 2 aromatic rings. The summed E-state index contributed by atoms with van der Waals surface area (Å²) in [6.07, 6.45) is 1.31. The van der Waals surface area contributed by atoms with Crippen LogP contribution in [0.15, 0.2) is 18.2 Å². The van der Waals surface area contributed by atoms with Gasteiger partial charge in [-0.1, -0.05) is 19.1 Å². The summed E-state index contributed by atoms with van der Waals surface area (Å²) in [7, 11) is 0. The first-order chi connectivity index (χ1) is 11.9. The van der Waals surface area contributed by atoms with Crippen LogP contribution in [0, 0.1) is 20.8 Å². The molecule has 0 radical (unpaired) electrons. The lowest BCUT2D eigenvalue weighted by Crippen LogP contribution is -2.37. The first-order valence-electron chi connectivity index (χ1n) is 8.87. The van der Waals surface area contributed by atoms with Crippen LogP contribution in [-0.2, 0) is 4.79 Å². The maximum absolute atomic E-state index is 12.9. The number of nitrogens with one attached hydrogen (secondary N) is 1. The van der Waals surface area contributed by atoms with Gasteiger partial charge in [0, 0.05) is 30.6 Å². The fourth-order valence-electron chi connectivity index (χ4n) is 3.46. The number of aryl methyl sites for hydroxylation is 3. The van der Waals surface area contributed by atoms with E-state index in [0.717, 1.165) is 40.7 Å². The minimum Gasteiger partial charge on any atom is -0.347 e. The molecule has 0 unspecified atom stereocenters. The van der Waals surface area contributed by atoms with Crippen molar-refractivity contribution >= 4 is 22.7 Å². The zero-order chi connectivity index (χ0) is 18.1. The van der Waals surface area contributed by atoms with Gasteiger partial charge in [0.05, 0.1) is 17.1 Å². The largest absolute Gasteiger partial charge is 0.347 e. The molecule has 0 saturated carbocycles. The molecule has 1 aromatic carbocycles. The Hall–Kier alpha value is -2.43. The van der Waals surface area contributed by atoms with Crippen molar-refractivity contribution in [3.05, 3.63) is 40.6 Å². The van der Waals surface area contributed by atoms with Crippen molar-refractivity contribution < 1.29 is 9.59 Å². The average molecular weight is 339 g/mol. The van der Waals surface area contributed by atoms with Gasteiger partial charge in [-0.25, -0.2) is 0 Å². The summed E-state index contributed by atoms with van der Waals surface area (Å²) in [4.78, 5) is 31.3. The molecule has 1 aliphatic rings. The molecule has 1 fully saturated rings. The predicted octanol–water partition coefficient (Wildman–Crippen LogP) is 2.90. The van der Waals surface area contributed by atoms with Crippen LogP contribution in [0.2, 0.25) is 0 Å². The van der Waals surface area contributed by atoms with E-state index >= 15 is 0 Å². The van der Waals surface area contributed by atoms with Crippen LogP contribution in [0.4, 0.5) is 0 Å². The molecule has 1 aromatic heterocycles. The van der Waals surface area contributed by atoms with E-state index in [1.807, 2.05) is 43.9 Å². The third-order valence-electron chi connectivity index (χ3n) is 4.92. The van der Waals surface area contributed by atoms with Gasteiger partial charge >= 0.3 is 0 Å². The number of carbonyl (C=O) groups is 2. The summed E-state index contributed by atoms with van der Waals surface area (Å²) in [6, 6.07) is 5.68. The first kappa shape index (κ1) is 17.4. The van der Waals surface area contributed by atoms with Crippen molar-refractivity contribution in [1.29, 1.82) is 0 Å². The van der Waals surface area contributed by atoms with Crippen molar-refractivity contribution in [2.45, 2.75) is 46.6 Å². The fraction of sp³-hybridized carbons (Fsp3) is 0.450. The number of amides is 2. The lowest BCUT2D eigenvalue weighted by Gasteiger charge is -2.17. The Bertz CT molecular complexity index is 844. The third kappa shape index (κ3) is 3.36. The number of nitrogens with zero attached hydrogens (tertiary/aromatic N) is 2. The smallest absolute Gasteiger partial charge is 0.252 e. The fourth-order valence-corrected chi connectivity index (χ4v) is 3.46. The summed E-state index contributed by atoms with van der Waals surface area (Å²) >= 11 is 0. The molecule has 0 bridgehead atoms. The van der Waals surface area contributed by atoms with Crippen LogP contribution in [0.25, 0.3) is 10.9 Å². The van der Waals surface area contributed by atoms with Gasteiger partial charge in [-0.3, -0.25) is 14.6 Å². The average Bonchev–Trinajstić information content (AvgIpc) is 2.90. The quantitative estimate of drug-likeness (QED) is 0.932. The number of hydrogen-bond donors (Lipinski definition) is 1. The highest BCUT2D eigenvalue weighted by molar-refractivity contribution is 6.07. The highest BCUT2D eigenvalue weighted by Gasteiger charge is 2.30. The highest BCUT2D eigenvalue weighted by atomic mass is 16.2. The summed E-state index contributed by atoms with van der Waals surface area (Å²) in [5.41, 5.74) is 4.59. The molecule has 1 aliphatic heterocycles. The standard InChI is InChI=1S/C20H25N3O2/c1-5-8-23-11-15(10-18(23)24)22-20(25)17-9-13(3)21-19-14(4)12(2)6-7-16(17)19/h6-7,9,15H,5,8,10-11H2,1-4H3,(H,22,25)/t15-/m1/s1. The minimum atomic E-state index is -0.130. The maximum Gasteiger partial charge on any atom is 0.252 e. The van der Waals surface area contributed by atoms with E-state index in [0.29, 0.717) is 18.5 Å². The van der Waals surface area contributed by atoms with Crippen molar-refractivity contribution in [1.82, 2.24) is 15.2 Å². The zero-order valence-corrected chi connectivity index (χ0v) is 15.3. The molecule has 25 heavy (non-hydrogen) atoms. The van der Waals surface area contributed by atoms with Crippen LogP contribution in [0.1, 0.15) is 46.9 Å². The van der Waals surface area contributed by atoms with Crippen LogP contribution in [0.5, 0.6) is 0 Å². The van der Waals surface area contributed by atoms with E-state index in [9.17, 15) is 9.59 Å². The molecule has 2 amide bonds. The number of benzene rings is 1. The third-order valence-corrected chi connectivity index (χ3v) is 4.92. The number of likely N-dealkylation sites (tertiary alicyclic amines) is 1. The SMILES string of the molecule is CCCN1C[C@H](NC(=O)c2cc(C)nc3c(C)c(C)ccc23)CC1=O. The number of fused-ring (bicyclic) bond motifs is 1. The van der Waals surface area contributed by atoms with Gasteiger partial charge in [-0.15, -0.1) is 0 Å². The molecule has 3 rings (SSSR count). The van der Waals surface area contributed by atoms with Crippen LogP contribution in [-0.4, -0.2) is 40.8 Å². The van der Waals surface area contributed by atoms with Gasteiger partial charge in [0.1, 0.15) is 0 Å². The molecule has 5 heteroatoms. The van der Waals surface area contributed by atoms with E-state index in [1.165, 1.54) is 0 Å². The van der Waals surface area contributed by atoms with Gasteiger partial charge in [0.15, 0.2) is 0 Å². The number of carbonyl (C=O) groups excluding carboxylic acids is 2. The summed E-state index contributed by atoms with van der Waals surface area (Å²) in [5.74, 6) is -0.00992. The van der Waals surface area contributed by atoms with Crippen molar-refractivity contribution in [3.63, 3.8) is 0 Å². The second-order valence-corrected chi connectivity index (χ2v) is 6.93. The molecule has 5 nitrogen and oxygen atoms in total. The normalized spacial score (nSPS) is 17.4. The molecular formula is C20H25N3O2. The van der Waals surface area contributed by atoms with Crippen molar-refractivity contribution in [3.8, 4) is 0 Å². The molecule has 132 valence electrons. The number of pyridine rings is 1. The van der Waals surface area contributed by atoms with Gasteiger partial charge in [-0.2, -0.15) is 0 Å². The lowest BCUT2D eigenvalue weighted by molar-refractivity contribution is -0.127. The maximum atomic E-state index is 12.9. The summed E-state index contributed by atoms with van der Waals surface area (Å²) in [5, 5.41) is 3.90. The van der Waals surface area contributed by atoms with E-state index in [4.69, 9.17) is 0 Å². The van der Waals surface area contributed by atoms with Gasteiger partial charge in [0.25, 0.3) is 5.91 Å². The van der Waals surface area contributed by atoms with Crippen LogP contribution < -0.4 is 5.32 Å². The molecule has 1 saturated heterocycles. The second kappa shape index (κ2) is 6.82. The van der Waals surface area contributed by atoms with Gasteiger partial charge < -0.3 is 10.2 Å². The number of aromatic nitrogens is 1. The Morgan fingerprint density at radius 3 is 2.80 bits per heavy atom. The van der Waals surface area contributed by atoms with Crippen molar-refractivity contribution in [2.24, 2.45) is 0 Å². The monoisotopic (exact) mass is 339 g/mol. The Balaban J connectivity index is 1.88. The number of rotatable bonds is 4. The minimum absolute atomic E-state index is 0.120. The lowest BCUT2D eigenvalue weighted by atomic mass is 10.0. The van der Waals surface area contributed by atoms with E-state index in [1.54, 1.807) is 0 Å². The number of hydrogen-bond acceptors (Lipinski definition) is 3. The second-order valence-electron chi connectivity index (χ2n) is 6.93. The Kier molecular flexibility index (Phi) is 4.75. The van der Waals surface area contributed by atoms with Gasteiger partial charge in [0.2, 0.25) is 5.91 Å². The molecule has 2 heterocycles. The Morgan fingerprint density at radius 1 is 1.32 bits per heavy atom. The van der Waals surface area contributed by atoms with Crippen LogP contribution in [0.3, 0.4) is 0 Å². The van der Waals surface area contributed by atoms with E-state index in [-0.39, 0.29) is 17.9 Å². The first-order valence-corrected chi connectivity index (χ1v) is 8.87. The molecule has 0 spiro atoms. The molecule has 0 aliphatic carbocycles. The predicted molar refractivity (Wildman–Crippen MR) is 98.7 cm³/mol. The van der Waals surface area contributed by atoms with E-state index < -0.39 is 0 Å². The summed E-state index contributed by atoms with van der Waals surface area (Å²) in [6.45, 7) is 9.38. The van der Waals surface area contributed by atoms with E-state index in [2.05, 4.69) is 17.2 Å². The molecular weight excluding hydrogens is 314 g/mol.